The maximum absolute atomic E-state index is 13.7. The monoisotopic (exact) mass is 439 g/mol. The minimum Gasteiger partial charge on any atom is -0.292 e. The molecule has 33 heavy (non-hydrogen) atoms. The third-order valence-electron chi connectivity index (χ3n) is 6.70. The summed E-state index contributed by atoms with van der Waals surface area (Å²) >= 11 is 0. The molecule has 3 aromatic rings. The molecular weight excluding hydrogens is 421 g/mol. The van der Waals surface area contributed by atoms with Crippen molar-refractivity contribution < 1.29 is 18.8 Å². The standard InChI is InChI=1S/C26H18FN3O3/c27-17-12-10-15(11-13-17)24(31)23-21-20(22-19-9-5-4-6-16(19)14-28-30(22)23)25(32)29(26(21)33)18-7-2-1-3-8-18/h1-14,20-23H/t20-,21-,22-,23+/m1/s1. The van der Waals surface area contributed by atoms with Crippen LogP contribution in [0.5, 0.6) is 0 Å². The van der Waals surface area contributed by atoms with Gasteiger partial charge in [0.05, 0.1) is 29.8 Å². The molecule has 3 aliphatic rings. The highest BCUT2D eigenvalue weighted by Gasteiger charge is 2.65. The first kappa shape index (κ1) is 19.5. The molecule has 6 nitrogen and oxygen atoms in total. The zero-order valence-corrected chi connectivity index (χ0v) is 17.3. The Bertz CT molecular complexity index is 1320. The van der Waals surface area contributed by atoms with E-state index >= 15 is 0 Å². The van der Waals surface area contributed by atoms with Crippen LogP contribution in [0.25, 0.3) is 0 Å². The average Bonchev–Trinajstić information content (AvgIpc) is 3.32. The smallest absolute Gasteiger partial charge is 0.240 e. The summed E-state index contributed by atoms with van der Waals surface area (Å²) in [6.07, 6.45) is 1.65. The van der Waals surface area contributed by atoms with Crippen LogP contribution in [0.15, 0.2) is 84.0 Å². The molecule has 0 saturated carbocycles. The van der Waals surface area contributed by atoms with Crippen molar-refractivity contribution in [3.8, 4) is 0 Å². The van der Waals surface area contributed by atoms with Gasteiger partial charge < -0.3 is 0 Å². The topological polar surface area (TPSA) is 70.0 Å². The number of fused-ring (bicyclic) bond motifs is 5. The second kappa shape index (κ2) is 7.20. The fraction of sp³-hybridized carbons (Fsp3) is 0.154. The van der Waals surface area contributed by atoms with E-state index in [1.807, 2.05) is 30.3 Å². The fourth-order valence-corrected chi connectivity index (χ4v) is 5.28. The number of hydrogen-bond acceptors (Lipinski definition) is 5. The number of halogens is 1. The highest BCUT2D eigenvalue weighted by Crippen LogP contribution is 2.53. The van der Waals surface area contributed by atoms with Crippen molar-refractivity contribution in [3.63, 3.8) is 0 Å². The fourth-order valence-electron chi connectivity index (χ4n) is 5.28. The summed E-state index contributed by atoms with van der Waals surface area (Å²) in [5, 5.41) is 6.12. The van der Waals surface area contributed by atoms with Crippen molar-refractivity contribution in [2.45, 2.75) is 12.1 Å². The Labute approximate surface area is 188 Å². The zero-order valence-electron chi connectivity index (χ0n) is 17.3. The Morgan fingerprint density at radius 1 is 0.818 bits per heavy atom. The first-order valence-corrected chi connectivity index (χ1v) is 10.7. The van der Waals surface area contributed by atoms with Gasteiger partial charge in [0.2, 0.25) is 11.8 Å². The van der Waals surface area contributed by atoms with Crippen LogP contribution in [0.1, 0.15) is 27.5 Å². The van der Waals surface area contributed by atoms with Crippen molar-refractivity contribution in [2.75, 3.05) is 4.90 Å². The summed E-state index contributed by atoms with van der Waals surface area (Å²) in [5.74, 6) is -3.23. The zero-order chi connectivity index (χ0) is 22.7. The molecule has 2 fully saturated rings. The van der Waals surface area contributed by atoms with Crippen LogP contribution in [0.4, 0.5) is 10.1 Å². The number of benzene rings is 3. The molecule has 0 unspecified atom stereocenters. The average molecular weight is 439 g/mol. The number of Topliss-reactive ketones (excluding diaryl/α,β-unsaturated/α-hetero) is 1. The molecule has 0 aliphatic carbocycles. The van der Waals surface area contributed by atoms with Crippen LogP contribution in [-0.4, -0.2) is 34.9 Å². The molecule has 3 aliphatic heterocycles. The Kier molecular flexibility index (Phi) is 4.26. The third kappa shape index (κ3) is 2.78. The first-order chi connectivity index (χ1) is 16.1. The van der Waals surface area contributed by atoms with Crippen LogP contribution < -0.4 is 4.90 Å². The van der Waals surface area contributed by atoms with Crippen molar-refractivity contribution >= 4 is 29.5 Å². The van der Waals surface area contributed by atoms with E-state index in [-0.39, 0.29) is 17.3 Å². The number of carbonyl (C=O) groups is 3. The van der Waals surface area contributed by atoms with Crippen LogP contribution in [0.3, 0.4) is 0 Å². The summed E-state index contributed by atoms with van der Waals surface area (Å²) in [6, 6.07) is 20.0. The molecule has 0 radical (unpaired) electrons. The predicted molar refractivity (Wildman–Crippen MR) is 119 cm³/mol. The minimum absolute atomic E-state index is 0.272. The molecule has 0 N–H and O–H groups in total. The van der Waals surface area contributed by atoms with Crippen molar-refractivity contribution in [3.05, 3.63) is 101 Å². The normalized spacial score (nSPS) is 25.1. The number of rotatable bonds is 3. The molecule has 0 spiro atoms. The molecular formula is C26H18FN3O3. The van der Waals surface area contributed by atoms with Crippen molar-refractivity contribution in [2.24, 2.45) is 16.9 Å². The number of ketones is 1. The lowest BCUT2D eigenvalue weighted by molar-refractivity contribution is -0.124. The second-order valence-corrected chi connectivity index (χ2v) is 8.41. The maximum atomic E-state index is 13.7. The molecule has 3 heterocycles. The Morgan fingerprint density at radius 2 is 1.48 bits per heavy atom. The van der Waals surface area contributed by atoms with E-state index in [1.54, 1.807) is 35.5 Å². The number of anilines is 1. The van der Waals surface area contributed by atoms with E-state index in [2.05, 4.69) is 5.10 Å². The molecule has 7 heteroatoms. The van der Waals surface area contributed by atoms with E-state index in [0.717, 1.165) is 11.1 Å². The summed E-state index contributed by atoms with van der Waals surface area (Å²) in [7, 11) is 0. The summed E-state index contributed by atoms with van der Waals surface area (Å²) < 4.78 is 13.5. The quantitative estimate of drug-likeness (QED) is 0.462. The minimum atomic E-state index is -0.972. The predicted octanol–water partition coefficient (Wildman–Crippen LogP) is 3.59. The van der Waals surface area contributed by atoms with Crippen LogP contribution >= 0.6 is 0 Å². The summed E-state index contributed by atoms with van der Waals surface area (Å²) in [4.78, 5) is 42.2. The summed E-state index contributed by atoms with van der Waals surface area (Å²) in [6.45, 7) is 0. The number of hydrazone groups is 1. The SMILES string of the molecule is O=C(c1ccc(F)cc1)[C@@H]1[C@@H]2C(=O)N(c3ccccc3)C(=O)[C@H]2[C@H]2c3ccccc3C=NN12. The van der Waals surface area contributed by atoms with Gasteiger partial charge in [0.15, 0.2) is 5.78 Å². The second-order valence-electron chi connectivity index (χ2n) is 8.41. The van der Waals surface area contributed by atoms with Gasteiger partial charge in [-0.15, -0.1) is 0 Å². The molecule has 0 aromatic heterocycles. The van der Waals surface area contributed by atoms with Crippen LogP contribution in [-0.2, 0) is 9.59 Å². The van der Waals surface area contributed by atoms with E-state index in [4.69, 9.17) is 0 Å². The van der Waals surface area contributed by atoms with Gasteiger partial charge in [-0.3, -0.25) is 19.4 Å². The molecule has 3 aromatic carbocycles. The van der Waals surface area contributed by atoms with E-state index < -0.39 is 35.6 Å². The maximum Gasteiger partial charge on any atom is 0.240 e. The Hall–Kier alpha value is -4.13. The van der Waals surface area contributed by atoms with E-state index in [1.165, 1.54) is 29.2 Å². The lowest BCUT2D eigenvalue weighted by Crippen LogP contribution is -2.44. The Morgan fingerprint density at radius 3 is 2.24 bits per heavy atom. The van der Waals surface area contributed by atoms with Gasteiger partial charge in [-0.25, -0.2) is 9.29 Å². The molecule has 6 rings (SSSR count). The number of para-hydroxylation sites is 1. The number of hydrogen-bond donors (Lipinski definition) is 0. The van der Waals surface area contributed by atoms with Gasteiger partial charge in [-0.1, -0.05) is 42.5 Å². The van der Waals surface area contributed by atoms with Gasteiger partial charge in [-0.2, -0.15) is 5.10 Å². The highest BCUT2D eigenvalue weighted by molar-refractivity contribution is 6.24. The summed E-state index contributed by atoms with van der Waals surface area (Å²) in [5.41, 5.74) is 2.46. The van der Waals surface area contributed by atoms with Gasteiger partial charge in [-0.05, 0) is 47.5 Å². The van der Waals surface area contributed by atoms with Gasteiger partial charge in [0.1, 0.15) is 11.9 Å². The van der Waals surface area contributed by atoms with Gasteiger partial charge in [0.25, 0.3) is 0 Å². The van der Waals surface area contributed by atoms with Crippen LogP contribution in [0, 0.1) is 17.7 Å². The van der Waals surface area contributed by atoms with Gasteiger partial charge >= 0.3 is 0 Å². The molecule has 2 amide bonds. The van der Waals surface area contributed by atoms with E-state index in [9.17, 15) is 18.8 Å². The highest BCUT2D eigenvalue weighted by atomic mass is 19.1. The molecule has 162 valence electrons. The molecule has 4 atom stereocenters. The number of imide groups is 1. The third-order valence-corrected chi connectivity index (χ3v) is 6.70. The lowest BCUT2D eigenvalue weighted by atomic mass is 9.83. The van der Waals surface area contributed by atoms with Gasteiger partial charge in [0, 0.05) is 5.56 Å². The molecule has 2 saturated heterocycles. The number of carbonyl (C=O) groups excluding carboxylic acids is 3. The van der Waals surface area contributed by atoms with Crippen molar-refractivity contribution in [1.29, 1.82) is 0 Å². The first-order valence-electron chi connectivity index (χ1n) is 10.7. The number of amides is 2. The number of nitrogens with zero attached hydrogens (tertiary/aromatic N) is 3. The largest absolute Gasteiger partial charge is 0.292 e. The lowest BCUT2D eigenvalue weighted by Gasteiger charge is -2.33. The Balaban J connectivity index is 1.50. The van der Waals surface area contributed by atoms with Crippen molar-refractivity contribution in [1.82, 2.24) is 5.01 Å². The molecule has 0 bridgehead atoms. The van der Waals surface area contributed by atoms with E-state index in [0.29, 0.717) is 5.69 Å². The van der Waals surface area contributed by atoms with Crippen LogP contribution in [0.2, 0.25) is 0 Å².